The predicted octanol–water partition coefficient (Wildman–Crippen LogP) is 7.16. The number of hydrogen-bond donors (Lipinski definition) is 1. The van der Waals surface area contributed by atoms with Gasteiger partial charge in [-0.05, 0) is 72.5 Å². The van der Waals surface area contributed by atoms with Gasteiger partial charge in [-0.3, -0.25) is 13.9 Å². The lowest BCUT2D eigenvalue weighted by Crippen LogP contribution is -2.53. The molecule has 1 N–H and O–H groups in total. The number of anilines is 1. The second-order valence-corrected chi connectivity index (χ2v) is 14.0. The fraction of sp³-hybridized carbons (Fsp3) is 0.257. The van der Waals surface area contributed by atoms with Gasteiger partial charge in [0, 0.05) is 29.0 Å². The molecule has 2 amide bonds. The van der Waals surface area contributed by atoms with Gasteiger partial charge in [0.1, 0.15) is 12.6 Å². The molecule has 0 saturated carbocycles. The van der Waals surface area contributed by atoms with Gasteiger partial charge in [0.25, 0.3) is 10.0 Å². The zero-order chi connectivity index (χ0) is 32.4. The van der Waals surface area contributed by atoms with Crippen LogP contribution in [0.2, 0.25) is 5.02 Å². The van der Waals surface area contributed by atoms with E-state index >= 15 is 0 Å². The Morgan fingerprint density at radius 2 is 1.56 bits per heavy atom. The molecule has 0 aliphatic carbocycles. The van der Waals surface area contributed by atoms with Gasteiger partial charge in [0.15, 0.2) is 0 Å². The van der Waals surface area contributed by atoms with Crippen LogP contribution in [0.4, 0.5) is 5.69 Å². The number of carbonyl (C=O) groups excluding carboxylic acids is 2. The monoisotopic (exact) mass is 709 g/mol. The highest BCUT2D eigenvalue weighted by molar-refractivity contribution is 9.10. The van der Waals surface area contributed by atoms with E-state index in [0.717, 1.165) is 32.7 Å². The summed E-state index contributed by atoms with van der Waals surface area (Å²) in [5, 5.41) is 3.40. The van der Waals surface area contributed by atoms with Crippen LogP contribution in [0.1, 0.15) is 36.5 Å². The number of para-hydroxylation sites is 1. The lowest BCUT2D eigenvalue weighted by atomic mass is 10.0. The van der Waals surface area contributed by atoms with Crippen LogP contribution < -0.4 is 9.62 Å². The summed E-state index contributed by atoms with van der Waals surface area (Å²) in [5.41, 5.74) is 2.72. The number of benzene rings is 4. The highest BCUT2D eigenvalue weighted by atomic mass is 79.9. The molecule has 4 rings (SSSR count). The van der Waals surface area contributed by atoms with Crippen molar-refractivity contribution in [2.24, 2.45) is 0 Å². The van der Waals surface area contributed by atoms with Crippen LogP contribution in [0.15, 0.2) is 112 Å². The molecular formula is C35H37BrClN3O4S. The minimum atomic E-state index is -4.20. The van der Waals surface area contributed by atoms with Crippen molar-refractivity contribution in [1.29, 1.82) is 0 Å². The van der Waals surface area contributed by atoms with E-state index in [1.54, 1.807) is 25.1 Å². The maximum atomic E-state index is 14.5. The summed E-state index contributed by atoms with van der Waals surface area (Å²) in [6, 6.07) is 29.0. The molecule has 0 saturated heterocycles. The molecule has 4 aromatic carbocycles. The van der Waals surface area contributed by atoms with Crippen molar-refractivity contribution in [2.45, 2.75) is 50.6 Å². The summed E-state index contributed by atoms with van der Waals surface area (Å²) < 4.78 is 30.3. The van der Waals surface area contributed by atoms with E-state index in [4.69, 9.17) is 11.6 Å². The quantitative estimate of drug-likeness (QED) is 0.141. The number of aryl methyl sites for hydroxylation is 1. The zero-order valence-electron chi connectivity index (χ0n) is 25.3. The molecule has 7 nitrogen and oxygen atoms in total. The minimum Gasteiger partial charge on any atom is -0.354 e. The molecule has 0 fully saturated rings. The summed E-state index contributed by atoms with van der Waals surface area (Å²) in [6.45, 7) is 3.89. The molecule has 4 aromatic rings. The van der Waals surface area contributed by atoms with Crippen molar-refractivity contribution in [3.63, 3.8) is 0 Å². The average molecular weight is 711 g/mol. The molecule has 0 aliphatic rings. The van der Waals surface area contributed by atoms with Crippen molar-refractivity contribution in [3.05, 3.63) is 129 Å². The number of unbranched alkanes of at least 4 members (excludes halogenated alkanes) is 1. The molecule has 1 atom stereocenters. The summed E-state index contributed by atoms with van der Waals surface area (Å²) >= 11 is 9.57. The Balaban J connectivity index is 1.80. The Bertz CT molecular complexity index is 1700. The molecule has 10 heteroatoms. The minimum absolute atomic E-state index is 0.000336. The third-order valence-corrected chi connectivity index (χ3v) is 9.93. The van der Waals surface area contributed by atoms with Crippen LogP contribution in [0.5, 0.6) is 0 Å². The van der Waals surface area contributed by atoms with E-state index in [0.29, 0.717) is 22.8 Å². The molecule has 0 aromatic heterocycles. The molecule has 1 unspecified atom stereocenters. The van der Waals surface area contributed by atoms with E-state index in [-0.39, 0.29) is 23.8 Å². The molecule has 0 spiro atoms. The number of halogens is 2. The lowest BCUT2D eigenvalue weighted by molar-refractivity contribution is -0.140. The highest BCUT2D eigenvalue weighted by Gasteiger charge is 2.35. The van der Waals surface area contributed by atoms with Gasteiger partial charge in [-0.25, -0.2) is 8.42 Å². The van der Waals surface area contributed by atoms with Crippen LogP contribution in [-0.2, 0) is 32.6 Å². The first-order valence-corrected chi connectivity index (χ1v) is 17.4. The summed E-state index contributed by atoms with van der Waals surface area (Å²) in [5.74, 6) is -0.805. The largest absolute Gasteiger partial charge is 0.354 e. The number of nitrogens with one attached hydrogen (secondary N) is 1. The van der Waals surface area contributed by atoms with E-state index in [9.17, 15) is 18.0 Å². The summed E-state index contributed by atoms with van der Waals surface area (Å²) in [4.78, 5) is 29.9. The SMILES string of the molecule is CCCCNC(=O)C(Cc1ccccc1)N(Cc1cccc(Br)c1)C(=O)CN(c1ccccc1C)S(=O)(=O)c1ccc(Cl)cc1. The first kappa shape index (κ1) is 34.2. The molecule has 0 radical (unpaired) electrons. The van der Waals surface area contributed by atoms with E-state index < -0.39 is 28.5 Å². The molecule has 45 heavy (non-hydrogen) atoms. The average Bonchev–Trinajstić information content (AvgIpc) is 3.02. The van der Waals surface area contributed by atoms with Gasteiger partial charge in [-0.2, -0.15) is 0 Å². The van der Waals surface area contributed by atoms with Gasteiger partial charge in [-0.15, -0.1) is 0 Å². The van der Waals surface area contributed by atoms with Gasteiger partial charge in [0.05, 0.1) is 10.6 Å². The Morgan fingerprint density at radius 3 is 2.22 bits per heavy atom. The van der Waals surface area contributed by atoms with Crippen LogP contribution in [0, 0.1) is 6.92 Å². The van der Waals surface area contributed by atoms with Crippen LogP contribution in [0.25, 0.3) is 0 Å². The van der Waals surface area contributed by atoms with Crippen molar-refractivity contribution in [1.82, 2.24) is 10.2 Å². The first-order chi connectivity index (χ1) is 21.6. The summed E-state index contributed by atoms with van der Waals surface area (Å²) in [7, 11) is -4.20. The normalized spacial score (nSPS) is 11.9. The van der Waals surface area contributed by atoms with Crippen molar-refractivity contribution in [2.75, 3.05) is 17.4 Å². The van der Waals surface area contributed by atoms with Gasteiger partial charge < -0.3 is 10.2 Å². The van der Waals surface area contributed by atoms with E-state index in [2.05, 4.69) is 21.2 Å². The third kappa shape index (κ3) is 9.19. The molecule has 0 bridgehead atoms. The maximum absolute atomic E-state index is 14.5. The molecule has 0 aliphatic heterocycles. The van der Waals surface area contributed by atoms with Crippen LogP contribution in [0.3, 0.4) is 0 Å². The number of carbonyl (C=O) groups is 2. The Labute approximate surface area is 279 Å². The Morgan fingerprint density at radius 1 is 0.889 bits per heavy atom. The van der Waals surface area contributed by atoms with Gasteiger partial charge in [-0.1, -0.05) is 102 Å². The van der Waals surface area contributed by atoms with E-state index in [1.807, 2.05) is 67.6 Å². The van der Waals surface area contributed by atoms with Crippen LogP contribution in [-0.4, -0.2) is 44.3 Å². The Kier molecular flexibility index (Phi) is 12.2. The fourth-order valence-corrected chi connectivity index (χ4v) is 7.03. The number of sulfonamides is 1. The molecular weight excluding hydrogens is 674 g/mol. The molecule has 0 heterocycles. The maximum Gasteiger partial charge on any atom is 0.264 e. The van der Waals surface area contributed by atoms with Gasteiger partial charge in [0.2, 0.25) is 11.8 Å². The molecule has 236 valence electrons. The smallest absolute Gasteiger partial charge is 0.264 e. The third-order valence-electron chi connectivity index (χ3n) is 7.41. The Hall–Kier alpha value is -3.66. The van der Waals surface area contributed by atoms with Crippen molar-refractivity contribution in [3.8, 4) is 0 Å². The standard InChI is InChI=1S/C35H37BrClN3O4S/c1-3-4-21-38-35(42)33(23-27-12-6-5-7-13-27)39(24-28-14-10-15-29(36)22-28)34(41)25-40(32-16-9-8-11-26(32)2)45(43,44)31-19-17-30(37)18-20-31/h5-20,22,33H,3-4,21,23-25H2,1-2H3,(H,38,42). The topological polar surface area (TPSA) is 86.8 Å². The lowest BCUT2D eigenvalue weighted by Gasteiger charge is -2.34. The first-order valence-electron chi connectivity index (χ1n) is 14.8. The van der Waals surface area contributed by atoms with Crippen LogP contribution >= 0.6 is 27.5 Å². The number of hydrogen-bond acceptors (Lipinski definition) is 4. The second-order valence-electron chi connectivity index (χ2n) is 10.8. The van der Waals surface area contributed by atoms with Crippen molar-refractivity contribution < 1.29 is 18.0 Å². The predicted molar refractivity (Wildman–Crippen MR) is 184 cm³/mol. The van der Waals surface area contributed by atoms with E-state index in [1.165, 1.54) is 29.2 Å². The number of rotatable bonds is 14. The fourth-order valence-electron chi connectivity index (χ4n) is 4.98. The highest BCUT2D eigenvalue weighted by Crippen LogP contribution is 2.28. The second kappa shape index (κ2) is 16.1. The number of amides is 2. The van der Waals surface area contributed by atoms with Crippen molar-refractivity contribution >= 4 is 55.1 Å². The zero-order valence-corrected chi connectivity index (χ0v) is 28.5. The number of nitrogens with zero attached hydrogens (tertiary/aromatic N) is 2. The summed E-state index contributed by atoms with van der Waals surface area (Å²) in [6.07, 6.45) is 1.95. The van der Waals surface area contributed by atoms with Gasteiger partial charge >= 0.3 is 0 Å².